The molecule has 2 N–H and O–H groups in total. The van der Waals surface area contributed by atoms with Gasteiger partial charge in [-0.3, -0.25) is 0 Å². The van der Waals surface area contributed by atoms with Crippen LogP contribution >= 0.6 is 23.4 Å². The van der Waals surface area contributed by atoms with Gasteiger partial charge in [0.25, 0.3) is 0 Å². The van der Waals surface area contributed by atoms with Crippen LogP contribution in [0.1, 0.15) is 20.8 Å². The van der Waals surface area contributed by atoms with E-state index >= 15 is 0 Å². The fourth-order valence-electron chi connectivity index (χ4n) is 2.59. The average Bonchev–Trinajstić information content (AvgIpc) is 2.83. The van der Waals surface area contributed by atoms with Gasteiger partial charge in [-0.1, -0.05) is 38.4 Å². The van der Waals surface area contributed by atoms with Crippen molar-refractivity contribution >= 4 is 35.1 Å². The third-order valence-electron chi connectivity index (χ3n) is 3.85. The normalized spacial score (nSPS) is 21.5. The molecule has 0 saturated carbocycles. The van der Waals surface area contributed by atoms with E-state index in [-0.39, 0.29) is 18.6 Å². The van der Waals surface area contributed by atoms with Crippen molar-refractivity contribution in [3.8, 4) is 0 Å². The number of anilines is 1. The van der Waals surface area contributed by atoms with Crippen molar-refractivity contribution in [2.75, 3.05) is 25.0 Å². The molecule has 0 aliphatic carbocycles. The molecule has 0 radical (unpaired) electrons. The predicted octanol–water partition coefficient (Wildman–Crippen LogP) is 3.93. The summed E-state index contributed by atoms with van der Waals surface area (Å²) in [7, 11) is 0. The molecule has 1 aromatic carbocycles. The molecule has 0 aromatic heterocycles. The van der Waals surface area contributed by atoms with Crippen LogP contribution in [-0.4, -0.2) is 41.0 Å². The molecule has 0 bridgehead atoms. The number of urea groups is 1. The zero-order valence-electron chi connectivity index (χ0n) is 13.2. The lowest BCUT2D eigenvalue weighted by Crippen LogP contribution is -2.33. The first-order chi connectivity index (χ1) is 10.4. The second kappa shape index (κ2) is 7.57. The van der Waals surface area contributed by atoms with Crippen molar-refractivity contribution in [1.82, 2.24) is 4.90 Å². The highest BCUT2D eigenvalue weighted by atomic mass is 35.5. The van der Waals surface area contributed by atoms with Crippen molar-refractivity contribution in [2.45, 2.75) is 30.9 Å². The Morgan fingerprint density at radius 2 is 2.23 bits per heavy atom. The molecule has 2 amide bonds. The van der Waals surface area contributed by atoms with Gasteiger partial charge in [0.2, 0.25) is 0 Å². The Kier molecular flexibility index (Phi) is 6.01. The number of likely N-dealkylation sites (tertiary alicyclic amines) is 1. The highest BCUT2D eigenvalue weighted by molar-refractivity contribution is 8.00. The summed E-state index contributed by atoms with van der Waals surface area (Å²) in [6.07, 6.45) is 0. The average molecular weight is 343 g/mol. The van der Waals surface area contributed by atoms with Crippen molar-refractivity contribution in [3.63, 3.8) is 0 Å². The van der Waals surface area contributed by atoms with Gasteiger partial charge in [-0.2, -0.15) is 0 Å². The van der Waals surface area contributed by atoms with Gasteiger partial charge >= 0.3 is 6.03 Å². The van der Waals surface area contributed by atoms with Crippen LogP contribution in [0.15, 0.2) is 23.1 Å². The van der Waals surface area contributed by atoms with E-state index in [0.29, 0.717) is 29.3 Å². The molecule has 122 valence electrons. The number of nitrogens with zero attached hydrogens (tertiary/aromatic N) is 1. The fraction of sp³-hybridized carbons (Fsp3) is 0.562. The van der Waals surface area contributed by atoms with Crippen molar-refractivity contribution in [3.05, 3.63) is 23.2 Å². The molecule has 1 aliphatic heterocycles. The molecule has 1 aromatic rings. The Hall–Kier alpha value is -0.910. The van der Waals surface area contributed by atoms with Crippen LogP contribution in [0.3, 0.4) is 0 Å². The first kappa shape index (κ1) is 17.4. The Morgan fingerprint density at radius 1 is 1.50 bits per heavy atom. The smallest absolute Gasteiger partial charge is 0.321 e. The van der Waals surface area contributed by atoms with Crippen molar-refractivity contribution in [1.29, 1.82) is 0 Å². The van der Waals surface area contributed by atoms with Crippen LogP contribution in [0.4, 0.5) is 10.5 Å². The number of carbonyl (C=O) groups is 1. The van der Waals surface area contributed by atoms with Crippen LogP contribution < -0.4 is 5.32 Å². The van der Waals surface area contributed by atoms with Crippen molar-refractivity contribution < 1.29 is 9.90 Å². The molecular formula is C16H23ClN2O2S. The number of thioether (sulfide) groups is 1. The first-order valence-corrected chi connectivity index (χ1v) is 8.80. The van der Waals surface area contributed by atoms with E-state index in [1.54, 1.807) is 16.7 Å². The standard InChI is InChI=1S/C16H23ClN2O2S/c1-10(2)22-15-13(17)5-4-6-14(15)18-16(21)19-7-11(3)12(8-19)9-20/h4-6,10-12,20H,7-9H2,1-3H3,(H,18,21)/t11-,12+/m1/s1. The van der Waals surface area contributed by atoms with Crippen LogP contribution in [0, 0.1) is 11.8 Å². The van der Waals surface area contributed by atoms with Gasteiger partial charge in [0.1, 0.15) is 0 Å². The number of amides is 2. The first-order valence-electron chi connectivity index (χ1n) is 7.54. The Labute approximate surface area is 141 Å². The van der Waals surface area contributed by atoms with E-state index in [1.807, 2.05) is 18.2 Å². The van der Waals surface area contributed by atoms with Gasteiger partial charge in [0, 0.05) is 35.8 Å². The molecule has 1 aliphatic rings. The maximum Gasteiger partial charge on any atom is 0.321 e. The Balaban J connectivity index is 2.11. The number of rotatable bonds is 4. The number of halogens is 1. The molecule has 6 heteroatoms. The molecule has 2 atom stereocenters. The quantitative estimate of drug-likeness (QED) is 0.815. The number of nitrogens with one attached hydrogen (secondary N) is 1. The number of carbonyl (C=O) groups excluding carboxylic acids is 1. The molecule has 2 rings (SSSR count). The predicted molar refractivity (Wildman–Crippen MR) is 92.8 cm³/mol. The number of hydrogen-bond acceptors (Lipinski definition) is 3. The third kappa shape index (κ3) is 4.09. The topological polar surface area (TPSA) is 52.6 Å². The molecule has 1 fully saturated rings. The highest BCUT2D eigenvalue weighted by Gasteiger charge is 2.32. The minimum absolute atomic E-state index is 0.122. The summed E-state index contributed by atoms with van der Waals surface area (Å²) >= 11 is 7.90. The van der Waals surface area contributed by atoms with Crippen LogP contribution in [0.25, 0.3) is 0 Å². The molecule has 0 unspecified atom stereocenters. The second-order valence-electron chi connectivity index (χ2n) is 6.04. The van der Waals surface area contributed by atoms with E-state index in [4.69, 9.17) is 11.6 Å². The van der Waals surface area contributed by atoms with Gasteiger partial charge in [0.05, 0.1) is 10.7 Å². The fourth-order valence-corrected chi connectivity index (χ4v) is 3.80. The summed E-state index contributed by atoms with van der Waals surface area (Å²) in [5, 5.41) is 13.3. The monoisotopic (exact) mass is 342 g/mol. The summed E-state index contributed by atoms with van der Waals surface area (Å²) in [6, 6.07) is 5.42. The van der Waals surface area contributed by atoms with Gasteiger partial charge in [-0.05, 0) is 18.1 Å². The molecule has 0 spiro atoms. The number of benzene rings is 1. The van der Waals surface area contributed by atoms with E-state index in [1.165, 1.54) is 0 Å². The number of aliphatic hydroxyl groups excluding tert-OH is 1. The minimum atomic E-state index is -0.129. The van der Waals surface area contributed by atoms with E-state index < -0.39 is 0 Å². The van der Waals surface area contributed by atoms with E-state index in [2.05, 4.69) is 26.1 Å². The molecule has 4 nitrogen and oxygen atoms in total. The lowest BCUT2D eigenvalue weighted by atomic mass is 10.00. The minimum Gasteiger partial charge on any atom is -0.396 e. The number of hydrogen-bond donors (Lipinski definition) is 2. The summed E-state index contributed by atoms with van der Waals surface area (Å²) in [6.45, 7) is 7.63. The van der Waals surface area contributed by atoms with Crippen molar-refractivity contribution in [2.24, 2.45) is 11.8 Å². The van der Waals surface area contributed by atoms with E-state index in [9.17, 15) is 9.90 Å². The maximum atomic E-state index is 12.5. The highest BCUT2D eigenvalue weighted by Crippen LogP contribution is 2.37. The van der Waals surface area contributed by atoms with Gasteiger partial charge in [0.15, 0.2) is 0 Å². The Morgan fingerprint density at radius 3 is 2.82 bits per heavy atom. The summed E-state index contributed by atoms with van der Waals surface area (Å²) in [4.78, 5) is 15.1. The molecule has 1 saturated heterocycles. The zero-order chi connectivity index (χ0) is 16.3. The van der Waals surface area contributed by atoms with Crippen LogP contribution in [0.5, 0.6) is 0 Å². The second-order valence-corrected chi connectivity index (χ2v) is 8.03. The summed E-state index contributed by atoms with van der Waals surface area (Å²) in [5.41, 5.74) is 0.747. The SMILES string of the molecule is CC(C)Sc1c(Cl)cccc1NC(=O)N1C[C@@H](CO)[C@H](C)C1. The number of aliphatic hydroxyl groups is 1. The zero-order valence-corrected chi connectivity index (χ0v) is 14.7. The summed E-state index contributed by atoms with van der Waals surface area (Å²) in [5.74, 6) is 0.481. The molecule has 1 heterocycles. The summed E-state index contributed by atoms with van der Waals surface area (Å²) < 4.78 is 0. The van der Waals surface area contributed by atoms with Gasteiger partial charge < -0.3 is 15.3 Å². The maximum absolute atomic E-state index is 12.5. The Bertz CT molecular complexity index is 539. The van der Waals surface area contributed by atoms with Gasteiger partial charge in [-0.15, -0.1) is 11.8 Å². The van der Waals surface area contributed by atoms with Crippen LogP contribution in [-0.2, 0) is 0 Å². The lowest BCUT2D eigenvalue weighted by molar-refractivity contribution is 0.202. The molecular weight excluding hydrogens is 320 g/mol. The largest absolute Gasteiger partial charge is 0.396 e. The lowest BCUT2D eigenvalue weighted by Gasteiger charge is -2.19. The van der Waals surface area contributed by atoms with Crippen LogP contribution in [0.2, 0.25) is 5.02 Å². The third-order valence-corrected chi connectivity index (χ3v) is 5.43. The van der Waals surface area contributed by atoms with Gasteiger partial charge in [-0.25, -0.2) is 4.79 Å². The van der Waals surface area contributed by atoms with E-state index in [0.717, 1.165) is 10.6 Å². The molecule has 22 heavy (non-hydrogen) atoms.